The van der Waals surface area contributed by atoms with Crippen LogP contribution in [-0.4, -0.2) is 27.6 Å². The molecule has 0 unspecified atom stereocenters. The number of aromatic amines is 1. The summed E-state index contributed by atoms with van der Waals surface area (Å²) >= 11 is 0. The van der Waals surface area contributed by atoms with Gasteiger partial charge in [0.15, 0.2) is 0 Å². The summed E-state index contributed by atoms with van der Waals surface area (Å²) in [7, 11) is 0. The maximum Gasteiger partial charge on any atom is 0.139 e. The van der Waals surface area contributed by atoms with Crippen LogP contribution in [-0.2, 0) is 0 Å². The minimum Gasteiger partial charge on any atom is -0.383 e. The Balaban J connectivity index is 1.70. The van der Waals surface area contributed by atoms with Crippen LogP contribution in [0.1, 0.15) is 40.5 Å². The van der Waals surface area contributed by atoms with Gasteiger partial charge in [0, 0.05) is 35.4 Å². The van der Waals surface area contributed by atoms with Crippen molar-refractivity contribution in [1.29, 1.82) is 0 Å². The standard InChI is InChI=1S/C17H26N4/c1-16(2)8-12(9-17(3,4)21-16)10-19-14-11-20-15-13(14)6-5-7-18-15/h5-7,11-12,19,21H,8-10H2,1-4H3,(H,18,20). The number of hydrogen-bond acceptors (Lipinski definition) is 3. The van der Waals surface area contributed by atoms with Gasteiger partial charge < -0.3 is 15.6 Å². The number of nitrogens with one attached hydrogen (secondary N) is 3. The zero-order chi connectivity index (χ0) is 15.1. The number of H-pyrrole nitrogens is 1. The summed E-state index contributed by atoms with van der Waals surface area (Å²) in [6.45, 7) is 10.2. The molecule has 3 rings (SSSR count). The van der Waals surface area contributed by atoms with Crippen LogP contribution in [0.5, 0.6) is 0 Å². The van der Waals surface area contributed by atoms with Crippen LogP contribution in [0.3, 0.4) is 0 Å². The molecule has 4 heteroatoms. The Hall–Kier alpha value is -1.55. The molecule has 1 aliphatic heterocycles. The normalized spacial score (nSPS) is 21.5. The largest absolute Gasteiger partial charge is 0.383 e. The molecule has 4 nitrogen and oxygen atoms in total. The first-order valence-corrected chi connectivity index (χ1v) is 7.80. The number of fused-ring (bicyclic) bond motifs is 1. The third-order valence-corrected chi connectivity index (χ3v) is 4.31. The quantitative estimate of drug-likeness (QED) is 0.809. The number of pyridine rings is 1. The minimum atomic E-state index is 0.204. The number of rotatable bonds is 3. The zero-order valence-electron chi connectivity index (χ0n) is 13.5. The predicted octanol–water partition coefficient (Wildman–Crippen LogP) is 3.53. The Kier molecular flexibility index (Phi) is 3.44. The van der Waals surface area contributed by atoms with Gasteiger partial charge in [-0.2, -0.15) is 0 Å². The van der Waals surface area contributed by atoms with Gasteiger partial charge in [-0.05, 0) is 58.6 Å². The van der Waals surface area contributed by atoms with Crippen molar-refractivity contribution in [3.8, 4) is 0 Å². The van der Waals surface area contributed by atoms with Crippen LogP contribution in [0, 0.1) is 5.92 Å². The average Bonchev–Trinajstić information content (AvgIpc) is 2.76. The van der Waals surface area contributed by atoms with E-state index < -0.39 is 0 Å². The van der Waals surface area contributed by atoms with Gasteiger partial charge in [-0.3, -0.25) is 0 Å². The first kappa shape index (κ1) is 14.4. The van der Waals surface area contributed by atoms with Crippen molar-refractivity contribution < 1.29 is 0 Å². The van der Waals surface area contributed by atoms with E-state index in [0.29, 0.717) is 5.92 Å². The molecule has 0 aromatic carbocycles. The summed E-state index contributed by atoms with van der Waals surface area (Å²) in [6.07, 6.45) is 6.24. The predicted molar refractivity (Wildman–Crippen MR) is 88.6 cm³/mol. The molecular formula is C17H26N4. The first-order chi connectivity index (χ1) is 9.85. The summed E-state index contributed by atoms with van der Waals surface area (Å²) in [5, 5.41) is 8.53. The van der Waals surface area contributed by atoms with Crippen molar-refractivity contribution >= 4 is 16.7 Å². The van der Waals surface area contributed by atoms with E-state index in [9.17, 15) is 0 Å². The van der Waals surface area contributed by atoms with Crippen LogP contribution in [0.4, 0.5) is 5.69 Å². The molecule has 1 saturated heterocycles. The molecule has 114 valence electrons. The number of aromatic nitrogens is 2. The van der Waals surface area contributed by atoms with Gasteiger partial charge in [-0.15, -0.1) is 0 Å². The van der Waals surface area contributed by atoms with Gasteiger partial charge in [0.1, 0.15) is 5.65 Å². The smallest absolute Gasteiger partial charge is 0.139 e. The summed E-state index contributed by atoms with van der Waals surface area (Å²) in [5.41, 5.74) is 2.52. The molecule has 0 atom stereocenters. The fourth-order valence-corrected chi connectivity index (χ4v) is 4.03. The molecule has 3 heterocycles. The third-order valence-electron chi connectivity index (χ3n) is 4.31. The highest BCUT2D eigenvalue weighted by molar-refractivity contribution is 5.89. The number of anilines is 1. The highest BCUT2D eigenvalue weighted by atomic mass is 15.1. The van der Waals surface area contributed by atoms with Gasteiger partial charge in [0.05, 0.1) is 5.69 Å². The van der Waals surface area contributed by atoms with Crippen molar-refractivity contribution in [2.24, 2.45) is 5.92 Å². The molecule has 1 aliphatic rings. The second-order valence-corrected chi connectivity index (χ2v) is 7.65. The Morgan fingerprint density at radius 3 is 2.67 bits per heavy atom. The van der Waals surface area contributed by atoms with Crippen molar-refractivity contribution in [1.82, 2.24) is 15.3 Å². The van der Waals surface area contributed by atoms with E-state index in [1.165, 1.54) is 18.2 Å². The lowest BCUT2D eigenvalue weighted by atomic mass is 9.76. The van der Waals surface area contributed by atoms with E-state index in [1.54, 1.807) is 0 Å². The number of hydrogen-bond donors (Lipinski definition) is 3. The third kappa shape index (κ3) is 3.21. The van der Waals surface area contributed by atoms with E-state index in [2.05, 4.69) is 54.4 Å². The maximum absolute atomic E-state index is 4.34. The van der Waals surface area contributed by atoms with Crippen molar-refractivity contribution in [2.75, 3.05) is 11.9 Å². The van der Waals surface area contributed by atoms with E-state index >= 15 is 0 Å². The first-order valence-electron chi connectivity index (χ1n) is 7.80. The Morgan fingerprint density at radius 2 is 1.95 bits per heavy atom. The minimum absolute atomic E-state index is 0.204. The molecule has 0 aliphatic carbocycles. The molecule has 2 aromatic heterocycles. The van der Waals surface area contributed by atoms with Gasteiger partial charge in [0.25, 0.3) is 0 Å². The molecule has 21 heavy (non-hydrogen) atoms. The second kappa shape index (κ2) is 5.02. The summed E-state index contributed by atoms with van der Waals surface area (Å²) in [4.78, 5) is 7.56. The van der Waals surface area contributed by atoms with E-state index in [-0.39, 0.29) is 11.1 Å². The van der Waals surface area contributed by atoms with E-state index in [1.807, 2.05) is 18.5 Å². The fraction of sp³-hybridized carbons (Fsp3) is 0.588. The van der Waals surface area contributed by atoms with Gasteiger partial charge in [-0.25, -0.2) is 4.98 Å². The van der Waals surface area contributed by atoms with Crippen LogP contribution < -0.4 is 10.6 Å². The van der Waals surface area contributed by atoms with E-state index in [4.69, 9.17) is 0 Å². The molecule has 0 amide bonds. The molecule has 0 saturated carbocycles. The highest BCUT2D eigenvalue weighted by Crippen LogP contribution is 2.33. The van der Waals surface area contributed by atoms with Crippen molar-refractivity contribution in [2.45, 2.75) is 51.6 Å². The monoisotopic (exact) mass is 286 g/mol. The zero-order valence-corrected chi connectivity index (χ0v) is 13.5. The Morgan fingerprint density at radius 1 is 1.24 bits per heavy atom. The van der Waals surface area contributed by atoms with Gasteiger partial charge in [-0.1, -0.05) is 0 Å². The lowest BCUT2D eigenvalue weighted by Gasteiger charge is -2.46. The summed E-state index contributed by atoms with van der Waals surface area (Å²) in [5.74, 6) is 0.679. The molecular weight excluding hydrogens is 260 g/mol. The summed E-state index contributed by atoms with van der Waals surface area (Å²) < 4.78 is 0. The Labute approximate surface area is 126 Å². The highest BCUT2D eigenvalue weighted by Gasteiger charge is 2.37. The van der Waals surface area contributed by atoms with Crippen molar-refractivity contribution in [3.63, 3.8) is 0 Å². The molecule has 0 radical (unpaired) electrons. The summed E-state index contributed by atoms with van der Waals surface area (Å²) in [6, 6.07) is 4.09. The average molecular weight is 286 g/mol. The topological polar surface area (TPSA) is 52.7 Å². The molecule has 0 bridgehead atoms. The van der Waals surface area contributed by atoms with Gasteiger partial charge in [0.2, 0.25) is 0 Å². The van der Waals surface area contributed by atoms with E-state index in [0.717, 1.165) is 17.9 Å². The van der Waals surface area contributed by atoms with Crippen LogP contribution >= 0.6 is 0 Å². The second-order valence-electron chi connectivity index (χ2n) is 7.65. The molecule has 2 aromatic rings. The molecule has 3 N–H and O–H groups in total. The number of nitrogens with zero attached hydrogens (tertiary/aromatic N) is 1. The van der Waals surface area contributed by atoms with Crippen LogP contribution in [0.2, 0.25) is 0 Å². The molecule has 1 fully saturated rings. The van der Waals surface area contributed by atoms with Gasteiger partial charge >= 0.3 is 0 Å². The fourth-order valence-electron chi connectivity index (χ4n) is 4.03. The maximum atomic E-state index is 4.34. The Bertz CT molecular complexity index is 611. The van der Waals surface area contributed by atoms with Crippen molar-refractivity contribution in [3.05, 3.63) is 24.5 Å². The van der Waals surface area contributed by atoms with Crippen LogP contribution in [0.15, 0.2) is 24.5 Å². The SMILES string of the molecule is CC1(C)CC(CNc2c[nH]c3ncccc23)CC(C)(C)N1. The lowest BCUT2D eigenvalue weighted by molar-refractivity contribution is 0.134. The van der Waals surface area contributed by atoms with Crippen LogP contribution in [0.25, 0.3) is 11.0 Å². The number of piperidine rings is 1. The lowest BCUT2D eigenvalue weighted by Crippen LogP contribution is -2.58. The molecule has 0 spiro atoms.